The van der Waals surface area contributed by atoms with E-state index in [2.05, 4.69) is 11.5 Å². The molecule has 0 aliphatic rings. The highest BCUT2D eigenvalue weighted by molar-refractivity contribution is 5.86. The number of ether oxygens (including phenoxy) is 1. The largest absolute Gasteiger partial charge is 0.488 e. The third-order valence-electron chi connectivity index (χ3n) is 4.22. The highest BCUT2D eigenvalue weighted by atomic mass is 17.1. The molecule has 0 fully saturated rings. The van der Waals surface area contributed by atoms with Crippen molar-refractivity contribution in [1.82, 2.24) is 0 Å². The summed E-state index contributed by atoms with van der Waals surface area (Å²) in [7, 11) is 0. The minimum absolute atomic E-state index is 0.174. The van der Waals surface area contributed by atoms with E-state index in [0.29, 0.717) is 22.5 Å². The minimum atomic E-state index is -0.813. The van der Waals surface area contributed by atoms with Crippen LogP contribution in [0.4, 0.5) is 0 Å². The summed E-state index contributed by atoms with van der Waals surface area (Å²) in [4.78, 5) is 16.0. The smallest absolute Gasteiger partial charge is 0.339 e. The lowest BCUT2D eigenvalue weighted by molar-refractivity contribution is -0.272. The second-order valence-electron chi connectivity index (χ2n) is 6.33. The van der Waals surface area contributed by atoms with Crippen LogP contribution in [0, 0.1) is 6.92 Å². The van der Waals surface area contributed by atoms with Gasteiger partial charge in [0, 0.05) is 6.42 Å². The number of fused-ring (bicyclic) bond motifs is 1. The van der Waals surface area contributed by atoms with Gasteiger partial charge >= 0.3 is 5.63 Å². The fraction of sp³-hybridized carbons (Fsp3) is 0.350. The SMILES string of the molecule is C=C(C)[C@H](C[C@H](O)C(C)=CCOc1cc(=O)oc2cccc(C)c12)OO. The molecule has 1 heterocycles. The van der Waals surface area contributed by atoms with Crippen LogP contribution in [-0.2, 0) is 4.89 Å². The number of aliphatic hydroxyl groups excluding tert-OH is 1. The first-order chi connectivity index (χ1) is 12.3. The molecule has 2 atom stereocenters. The Hall–Kier alpha value is -2.41. The molecule has 6 heteroatoms. The summed E-state index contributed by atoms with van der Waals surface area (Å²) < 4.78 is 10.9. The van der Waals surface area contributed by atoms with Gasteiger partial charge in [0.15, 0.2) is 0 Å². The molecule has 2 N–H and O–H groups in total. The molecule has 2 aromatic rings. The average molecular weight is 360 g/mol. The molecule has 0 spiro atoms. The molecule has 6 nitrogen and oxygen atoms in total. The fourth-order valence-electron chi connectivity index (χ4n) is 2.59. The number of rotatable bonds is 8. The first kappa shape index (κ1) is 19.9. The van der Waals surface area contributed by atoms with Crippen molar-refractivity contribution in [2.45, 2.75) is 39.4 Å². The zero-order chi connectivity index (χ0) is 19.3. The lowest BCUT2D eigenvalue weighted by Gasteiger charge is -2.18. The van der Waals surface area contributed by atoms with Gasteiger partial charge in [0.05, 0.1) is 17.6 Å². The second-order valence-corrected chi connectivity index (χ2v) is 6.33. The highest BCUT2D eigenvalue weighted by Crippen LogP contribution is 2.27. The van der Waals surface area contributed by atoms with Crippen LogP contribution >= 0.6 is 0 Å². The Balaban J connectivity index is 2.11. The Bertz CT molecular complexity index is 864. The van der Waals surface area contributed by atoms with Crippen molar-refractivity contribution in [3.8, 4) is 5.75 Å². The first-order valence-electron chi connectivity index (χ1n) is 8.30. The molecule has 0 saturated heterocycles. The van der Waals surface area contributed by atoms with Crippen LogP contribution in [0.1, 0.15) is 25.8 Å². The quantitative estimate of drug-likeness (QED) is 0.323. The molecule has 140 valence electrons. The van der Waals surface area contributed by atoms with Crippen molar-refractivity contribution in [2.24, 2.45) is 0 Å². The van der Waals surface area contributed by atoms with Gasteiger partial charge in [-0.25, -0.2) is 9.68 Å². The fourth-order valence-corrected chi connectivity index (χ4v) is 2.59. The predicted molar refractivity (Wildman–Crippen MR) is 99.4 cm³/mol. The van der Waals surface area contributed by atoms with Gasteiger partial charge in [-0.05, 0) is 49.6 Å². The number of hydrogen-bond acceptors (Lipinski definition) is 6. The molecule has 0 saturated carbocycles. The van der Waals surface area contributed by atoms with Crippen LogP contribution < -0.4 is 10.4 Å². The van der Waals surface area contributed by atoms with Gasteiger partial charge in [0.25, 0.3) is 0 Å². The monoisotopic (exact) mass is 360 g/mol. The zero-order valence-electron chi connectivity index (χ0n) is 15.2. The van der Waals surface area contributed by atoms with E-state index in [1.54, 1.807) is 26.0 Å². The van der Waals surface area contributed by atoms with E-state index in [9.17, 15) is 9.90 Å². The molecule has 0 bridgehead atoms. The first-order valence-corrected chi connectivity index (χ1v) is 8.30. The van der Waals surface area contributed by atoms with Crippen molar-refractivity contribution in [3.63, 3.8) is 0 Å². The molecule has 0 aliphatic carbocycles. The Morgan fingerprint density at radius 2 is 2.12 bits per heavy atom. The molecular formula is C20H24O6. The Labute approximate surface area is 151 Å². The predicted octanol–water partition coefficient (Wildman–Crippen LogP) is 3.61. The molecule has 26 heavy (non-hydrogen) atoms. The van der Waals surface area contributed by atoms with Crippen LogP contribution in [0.5, 0.6) is 5.75 Å². The number of benzene rings is 1. The van der Waals surface area contributed by atoms with E-state index in [4.69, 9.17) is 14.4 Å². The summed E-state index contributed by atoms with van der Waals surface area (Å²) in [5.74, 6) is 0.436. The lowest BCUT2D eigenvalue weighted by atomic mass is 10.0. The van der Waals surface area contributed by atoms with E-state index in [-0.39, 0.29) is 13.0 Å². The Morgan fingerprint density at radius 3 is 2.77 bits per heavy atom. The maximum atomic E-state index is 11.7. The third kappa shape index (κ3) is 4.82. The average Bonchev–Trinajstić information content (AvgIpc) is 2.58. The van der Waals surface area contributed by atoms with Crippen LogP contribution in [0.2, 0.25) is 0 Å². The number of aryl methyl sites for hydroxylation is 1. The third-order valence-corrected chi connectivity index (χ3v) is 4.22. The topological polar surface area (TPSA) is 89.1 Å². The molecular weight excluding hydrogens is 336 g/mol. The lowest BCUT2D eigenvalue weighted by Crippen LogP contribution is -2.21. The van der Waals surface area contributed by atoms with Crippen LogP contribution in [0.3, 0.4) is 0 Å². The second kappa shape index (κ2) is 8.80. The minimum Gasteiger partial charge on any atom is -0.488 e. The summed E-state index contributed by atoms with van der Waals surface area (Å²) in [5.41, 5.74) is 2.21. The van der Waals surface area contributed by atoms with Crippen molar-refractivity contribution in [2.75, 3.05) is 6.61 Å². The van der Waals surface area contributed by atoms with Crippen molar-refractivity contribution >= 4 is 11.0 Å². The summed E-state index contributed by atoms with van der Waals surface area (Å²) in [6, 6.07) is 6.75. The summed E-state index contributed by atoms with van der Waals surface area (Å²) in [6.45, 7) is 9.26. The van der Waals surface area contributed by atoms with Crippen molar-refractivity contribution < 1.29 is 24.4 Å². The number of hydrogen-bond donors (Lipinski definition) is 2. The van der Waals surface area contributed by atoms with E-state index in [1.807, 2.05) is 19.1 Å². The Kier molecular flexibility index (Phi) is 6.74. The summed E-state index contributed by atoms with van der Waals surface area (Å²) >= 11 is 0. The van der Waals surface area contributed by atoms with Gasteiger partial charge < -0.3 is 14.3 Å². The van der Waals surface area contributed by atoms with Crippen molar-refractivity contribution in [1.29, 1.82) is 0 Å². The van der Waals surface area contributed by atoms with Gasteiger partial charge in [-0.15, -0.1) is 0 Å². The molecule has 0 aliphatic heterocycles. The maximum Gasteiger partial charge on any atom is 0.339 e. The van der Waals surface area contributed by atoms with E-state index in [0.717, 1.165) is 10.9 Å². The molecule has 1 aromatic heterocycles. The Morgan fingerprint density at radius 1 is 1.38 bits per heavy atom. The number of aliphatic hydroxyl groups is 1. The van der Waals surface area contributed by atoms with E-state index in [1.165, 1.54) is 6.07 Å². The zero-order valence-corrected chi connectivity index (χ0v) is 15.2. The van der Waals surface area contributed by atoms with Gasteiger partial charge in [0.2, 0.25) is 0 Å². The molecule has 0 unspecified atom stereocenters. The van der Waals surface area contributed by atoms with E-state index >= 15 is 0 Å². The molecule has 1 aromatic carbocycles. The summed E-state index contributed by atoms with van der Waals surface area (Å²) in [5, 5.41) is 19.8. The van der Waals surface area contributed by atoms with Crippen LogP contribution in [-0.4, -0.2) is 29.2 Å². The van der Waals surface area contributed by atoms with Gasteiger partial charge in [-0.2, -0.15) is 0 Å². The van der Waals surface area contributed by atoms with Gasteiger partial charge in [-0.3, -0.25) is 5.26 Å². The van der Waals surface area contributed by atoms with Crippen LogP contribution in [0.15, 0.2) is 57.3 Å². The highest BCUT2D eigenvalue weighted by Gasteiger charge is 2.17. The van der Waals surface area contributed by atoms with Crippen LogP contribution in [0.25, 0.3) is 11.0 Å². The summed E-state index contributed by atoms with van der Waals surface area (Å²) in [6.07, 6.45) is 0.452. The molecule has 0 amide bonds. The van der Waals surface area contributed by atoms with Gasteiger partial charge in [0.1, 0.15) is 24.0 Å². The maximum absolute atomic E-state index is 11.7. The molecule has 2 rings (SSSR count). The van der Waals surface area contributed by atoms with E-state index < -0.39 is 17.8 Å². The van der Waals surface area contributed by atoms with Crippen molar-refractivity contribution in [3.05, 3.63) is 64.1 Å². The molecule has 0 radical (unpaired) electrons. The van der Waals surface area contributed by atoms with Gasteiger partial charge in [-0.1, -0.05) is 18.7 Å². The standard InChI is InChI=1S/C20H24O6/c1-12(2)17(26-23)10-15(21)13(3)8-9-24-18-11-19(22)25-16-7-5-6-14(4)20(16)18/h5-8,11,15,17,21,23H,1,9-10H2,2-4H3/t15-,17-/m0/s1. The normalized spacial score (nSPS) is 14.3.